The quantitative estimate of drug-likeness (QED) is 0.162. The Kier molecular flexibility index (Phi) is 8.09. The van der Waals surface area contributed by atoms with Crippen molar-refractivity contribution in [3.63, 3.8) is 0 Å². The molecule has 13 rings (SSSR count). The number of fused-ring (bicyclic) bond motifs is 13. The Hall–Kier alpha value is -8.47. The first-order valence-corrected chi connectivity index (χ1v) is 21.8. The van der Waals surface area contributed by atoms with E-state index in [9.17, 15) is 0 Å². The summed E-state index contributed by atoms with van der Waals surface area (Å²) in [6, 6.07) is 79.4. The van der Waals surface area contributed by atoms with Gasteiger partial charge in [-0.1, -0.05) is 212 Å². The van der Waals surface area contributed by atoms with Crippen molar-refractivity contribution in [2.24, 2.45) is 0 Å². The molecule has 9 aromatic carbocycles. The molecule has 4 heteroatoms. The maximum Gasteiger partial charge on any atom is 0.160 e. The summed E-state index contributed by atoms with van der Waals surface area (Å²) in [5.74, 6) is 2.40. The Labute approximate surface area is 370 Å². The molecule has 0 radical (unpaired) electrons. The molecule has 0 unspecified atom stereocenters. The van der Waals surface area contributed by atoms with Gasteiger partial charge in [-0.05, 0) is 39.9 Å². The molecule has 11 aromatic rings. The van der Waals surface area contributed by atoms with Crippen molar-refractivity contribution in [2.45, 2.75) is 5.41 Å². The number of hydrogen-bond acceptors (Lipinski definition) is 4. The van der Waals surface area contributed by atoms with E-state index >= 15 is 0 Å². The van der Waals surface area contributed by atoms with Crippen molar-refractivity contribution < 1.29 is 4.74 Å². The van der Waals surface area contributed by atoms with Gasteiger partial charge in [0, 0.05) is 55.1 Å². The van der Waals surface area contributed by atoms with Crippen LogP contribution in [0.4, 0.5) is 0 Å². The summed E-state index contributed by atoms with van der Waals surface area (Å²) < 4.78 is 7.59. The zero-order chi connectivity index (χ0) is 42.2. The number of benzene rings is 9. The average molecular weight is 816 g/mol. The molecule has 0 fully saturated rings. The number of para-hydroxylation sites is 2. The van der Waals surface area contributed by atoms with Gasteiger partial charge in [0.05, 0.1) is 28.0 Å². The number of nitrogens with zero attached hydrogens (tertiary/aromatic N) is 3. The Morgan fingerprint density at radius 3 is 1.53 bits per heavy atom. The predicted octanol–water partition coefficient (Wildman–Crippen LogP) is 15.0. The molecule has 4 nitrogen and oxygen atoms in total. The first-order valence-electron chi connectivity index (χ1n) is 21.8. The second-order valence-electron chi connectivity index (χ2n) is 16.6. The van der Waals surface area contributed by atoms with Crippen molar-refractivity contribution in [1.82, 2.24) is 15.0 Å². The van der Waals surface area contributed by atoms with Crippen LogP contribution in [0.25, 0.3) is 89.1 Å². The minimum Gasteiger partial charge on any atom is -0.455 e. The molecule has 0 atom stereocenters. The Morgan fingerprint density at radius 1 is 0.328 bits per heavy atom. The summed E-state index contributed by atoms with van der Waals surface area (Å²) in [4.78, 5) is 15.5. The number of pyridine rings is 1. The van der Waals surface area contributed by atoms with Crippen molar-refractivity contribution in [3.05, 3.63) is 247 Å². The highest BCUT2D eigenvalue weighted by Crippen LogP contribution is 2.64. The summed E-state index contributed by atoms with van der Waals surface area (Å²) in [6.07, 6.45) is 0. The molecule has 1 aliphatic carbocycles. The lowest BCUT2D eigenvalue weighted by Gasteiger charge is -2.40. The smallest absolute Gasteiger partial charge is 0.160 e. The van der Waals surface area contributed by atoms with E-state index in [2.05, 4.69) is 188 Å². The van der Waals surface area contributed by atoms with Crippen LogP contribution in [0.2, 0.25) is 0 Å². The fourth-order valence-electron chi connectivity index (χ4n) is 10.3. The molecule has 0 bridgehead atoms. The van der Waals surface area contributed by atoms with Crippen LogP contribution < -0.4 is 4.74 Å². The number of aromatic nitrogens is 3. The van der Waals surface area contributed by atoms with E-state index in [1.807, 2.05) is 36.4 Å². The normalized spacial score (nSPS) is 12.9. The van der Waals surface area contributed by atoms with Gasteiger partial charge in [0.15, 0.2) is 5.82 Å². The van der Waals surface area contributed by atoms with E-state index in [4.69, 9.17) is 19.7 Å². The zero-order valence-electron chi connectivity index (χ0n) is 34.6. The van der Waals surface area contributed by atoms with Crippen LogP contribution in [-0.4, -0.2) is 15.0 Å². The van der Waals surface area contributed by atoms with Crippen molar-refractivity contribution in [3.8, 4) is 78.9 Å². The van der Waals surface area contributed by atoms with E-state index in [-0.39, 0.29) is 0 Å². The lowest BCUT2D eigenvalue weighted by atomic mass is 9.65. The summed E-state index contributed by atoms with van der Waals surface area (Å²) in [5, 5.41) is 3.17. The maximum atomic E-state index is 7.59. The monoisotopic (exact) mass is 815 g/mol. The van der Waals surface area contributed by atoms with Gasteiger partial charge in [-0.25, -0.2) is 15.0 Å². The fourth-order valence-corrected chi connectivity index (χ4v) is 10.3. The van der Waals surface area contributed by atoms with Crippen molar-refractivity contribution in [1.29, 1.82) is 0 Å². The SMILES string of the molecule is c1ccc(-c2cc(-c3ccc(-c4cccc5c4Oc4c(ccc6c(-c7ccccc7)nc7ccccc7c46)C54c5ccccc5-c5ccccc54)cc3)nc(-c3ccccc3)n2)cc1. The molecule has 298 valence electrons. The summed E-state index contributed by atoms with van der Waals surface area (Å²) in [5.41, 5.74) is 16.4. The van der Waals surface area contributed by atoms with Gasteiger partial charge >= 0.3 is 0 Å². The Bertz CT molecular complexity index is 3520. The highest BCUT2D eigenvalue weighted by atomic mass is 16.5. The lowest BCUT2D eigenvalue weighted by Crippen LogP contribution is -2.32. The predicted molar refractivity (Wildman–Crippen MR) is 259 cm³/mol. The van der Waals surface area contributed by atoms with E-state index in [0.29, 0.717) is 5.82 Å². The molecule has 0 amide bonds. The van der Waals surface area contributed by atoms with Crippen LogP contribution in [0.5, 0.6) is 11.5 Å². The van der Waals surface area contributed by atoms with E-state index in [1.165, 1.54) is 22.3 Å². The van der Waals surface area contributed by atoms with Crippen LogP contribution in [0, 0.1) is 0 Å². The van der Waals surface area contributed by atoms with Crippen LogP contribution in [0.1, 0.15) is 22.3 Å². The lowest BCUT2D eigenvalue weighted by molar-refractivity contribution is 0.444. The van der Waals surface area contributed by atoms with Crippen LogP contribution in [0.15, 0.2) is 224 Å². The van der Waals surface area contributed by atoms with E-state index in [0.717, 1.165) is 94.8 Å². The van der Waals surface area contributed by atoms with Gasteiger partial charge in [-0.3, -0.25) is 0 Å². The van der Waals surface area contributed by atoms with Crippen LogP contribution in [0.3, 0.4) is 0 Å². The third-order valence-electron chi connectivity index (χ3n) is 13.2. The molecule has 1 spiro atoms. The standard InChI is InChI=1S/C60H37N3O/c1-4-17-39(18-5-1)53-37-54(63-59(62-53)42-21-8-3-9-22-42)40-33-31-38(32-34-40)43-26-16-29-50-57(43)64-58-51(60(50)48-27-13-10-23-44(48)45-24-11-14-28-49(45)60)36-35-47-55(58)46-25-12-15-30-52(46)61-56(47)41-19-6-2-7-20-41/h1-37H. The van der Waals surface area contributed by atoms with Gasteiger partial charge in [0.25, 0.3) is 0 Å². The Balaban J connectivity index is 1.05. The van der Waals surface area contributed by atoms with Gasteiger partial charge in [0.1, 0.15) is 11.5 Å². The van der Waals surface area contributed by atoms with Gasteiger partial charge in [-0.15, -0.1) is 0 Å². The minimum atomic E-state index is -0.653. The van der Waals surface area contributed by atoms with Gasteiger partial charge in [-0.2, -0.15) is 0 Å². The molecule has 1 aliphatic heterocycles. The van der Waals surface area contributed by atoms with Gasteiger partial charge < -0.3 is 4.74 Å². The van der Waals surface area contributed by atoms with Crippen LogP contribution in [-0.2, 0) is 5.41 Å². The van der Waals surface area contributed by atoms with E-state index < -0.39 is 5.41 Å². The topological polar surface area (TPSA) is 47.9 Å². The number of hydrogen-bond donors (Lipinski definition) is 0. The summed E-state index contributed by atoms with van der Waals surface area (Å²) in [7, 11) is 0. The molecule has 0 N–H and O–H groups in total. The van der Waals surface area contributed by atoms with Crippen molar-refractivity contribution >= 4 is 21.7 Å². The second-order valence-corrected chi connectivity index (χ2v) is 16.6. The fraction of sp³-hybridized carbons (Fsp3) is 0.0167. The number of rotatable bonds is 5. The molecule has 2 aromatic heterocycles. The Morgan fingerprint density at radius 2 is 0.844 bits per heavy atom. The molecule has 0 saturated carbocycles. The highest BCUT2D eigenvalue weighted by Gasteiger charge is 2.52. The van der Waals surface area contributed by atoms with Crippen LogP contribution >= 0.6 is 0 Å². The maximum absolute atomic E-state index is 7.59. The highest BCUT2D eigenvalue weighted by molar-refractivity contribution is 6.15. The third-order valence-corrected chi connectivity index (χ3v) is 13.2. The zero-order valence-corrected chi connectivity index (χ0v) is 34.6. The van der Waals surface area contributed by atoms with Gasteiger partial charge in [0.2, 0.25) is 0 Å². The largest absolute Gasteiger partial charge is 0.455 e. The number of ether oxygens (including phenoxy) is 1. The van der Waals surface area contributed by atoms with Crippen molar-refractivity contribution in [2.75, 3.05) is 0 Å². The van der Waals surface area contributed by atoms with E-state index in [1.54, 1.807) is 0 Å². The first kappa shape index (κ1) is 36.2. The summed E-state index contributed by atoms with van der Waals surface area (Å²) in [6.45, 7) is 0. The second kappa shape index (κ2) is 14.3. The molecule has 64 heavy (non-hydrogen) atoms. The molecule has 2 aliphatic rings. The molecular weight excluding hydrogens is 779 g/mol. The molecule has 0 saturated heterocycles. The minimum absolute atomic E-state index is 0.653. The molecular formula is C60H37N3O. The molecule has 3 heterocycles. The average Bonchev–Trinajstić information content (AvgIpc) is 3.67. The first-order chi connectivity index (χ1) is 31.7. The summed E-state index contributed by atoms with van der Waals surface area (Å²) >= 11 is 0. The third kappa shape index (κ3) is 5.39.